The summed E-state index contributed by atoms with van der Waals surface area (Å²) >= 11 is 0. The van der Waals surface area contributed by atoms with Crippen molar-refractivity contribution in [3.63, 3.8) is 0 Å². The van der Waals surface area contributed by atoms with Crippen molar-refractivity contribution in [2.45, 2.75) is 67.7 Å². The third-order valence-electron chi connectivity index (χ3n) is 10.8. The van der Waals surface area contributed by atoms with E-state index in [0.29, 0.717) is 29.6 Å². The molecule has 3 heterocycles. The molecule has 0 spiro atoms. The van der Waals surface area contributed by atoms with Crippen molar-refractivity contribution in [3.8, 4) is 11.8 Å². The second-order valence-corrected chi connectivity index (χ2v) is 12.2. The first-order valence-electron chi connectivity index (χ1n) is 14.0. The molecule has 8 rings (SSSR count). The van der Waals surface area contributed by atoms with Crippen LogP contribution in [0.5, 0.6) is 5.75 Å². The summed E-state index contributed by atoms with van der Waals surface area (Å²) in [6.07, 6.45) is 6.90. The normalized spacial score (nSPS) is 37.0. The van der Waals surface area contributed by atoms with Gasteiger partial charge in [0.25, 0.3) is 5.91 Å². The monoisotopic (exact) mass is 495 g/mol. The SMILES string of the molecule is COc1ccc2c(c1)[C@]13CCN(CC4CC4)[C@H](C2)[C@]12CC[C@@H]1[C@H]3[C@@H](CN1C(=O)c1cccc(C#N)c1)O2. The van der Waals surface area contributed by atoms with Crippen LogP contribution in [-0.4, -0.2) is 66.2 Å². The molecule has 1 amide bonds. The minimum atomic E-state index is -0.179. The van der Waals surface area contributed by atoms with E-state index in [-0.39, 0.29) is 29.1 Å². The number of rotatable bonds is 4. The summed E-state index contributed by atoms with van der Waals surface area (Å²) in [5, 5.41) is 9.38. The van der Waals surface area contributed by atoms with Crippen LogP contribution in [0.25, 0.3) is 0 Å². The molecule has 2 aromatic carbocycles. The highest BCUT2D eigenvalue weighted by Gasteiger charge is 2.78. The van der Waals surface area contributed by atoms with Crippen LogP contribution in [0.15, 0.2) is 42.5 Å². The molecule has 3 aliphatic carbocycles. The third kappa shape index (κ3) is 2.80. The highest BCUT2D eigenvalue weighted by molar-refractivity contribution is 5.95. The van der Waals surface area contributed by atoms with Crippen molar-refractivity contribution in [2.75, 3.05) is 26.7 Å². The molecular formula is C31H33N3O3. The molecule has 0 radical (unpaired) electrons. The van der Waals surface area contributed by atoms with Gasteiger partial charge in [-0.1, -0.05) is 12.1 Å². The molecule has 37 heavy (non-hydrogen) atoms. The van der Waals surface area contributed by atoms with E-state index in [9.17, 15) is 10.1 Å². The van der Waals surface area contributed by atoms with Gasteiger partial charge in [-0.25, -0.2) is 0 Å². The smallest absolute Gasteiger partial charge is 0.254 e. The van der Waals surface area contributed by atoms with E-state index in [0.717, 1.165) is 43.9 Å². The topological polar surface area (TPSA) is 65.8 Å². The molecular weight excluding hydrogens is 462 g/mol. The van der Waals surface area contributed by atoms with Gasteiger partial charge >= 0.3 is 0 Å². The van der Waals surface area contributed by atoms with Gasteiger partial charge in [0.15, 0.2) is 0 Å². The van der Waals surface area contributed by atoms with Crippen molar-refractivity contribution >= 4 is 5.91 Å². The maximum Gasteiger partial charge on any atom is 0.254 e. The number of fused-ring (bicyclic) bond motifs is 1. The van der Waals surface area contributed by atoms with Crippen LogP contribution in [0.2, 0.25) is 0 Å². The molecule has 0 unspecified atom stereocenters. The summed E-state index contributed by atoms with van der Waals surface area (Å²) < 4.78 is 13.1. The molecule has 3 saturated heterocycles. The first kappa shape index (κ1) is 22.1. The molecule has 190 valence electrons. The number of hydrogen-bond acceptors (Lipinski definition) is 5. The van der Waals surface area contributed by atoms with Crippen LogP contribution in [0.1, 0.15) is 59.2 Å². The number of amides is 1. The minimum Gasteiger partial charge on any atom is -0.497 e. The van der Waals surface area contributed by atoms with Crippen molar-refractivity contribution in [3.05, 3.63) is 64.7 Å². The number of benzene rings is 2. The highest BCUT2D eigenvalue weighted by atomic mass is 16.5. The standard InChI is InChI=1S/C31H33N3O3/c1-36-23-8-7-21-14-27-31-10-9-25-28(30(31,24(21)15-23)11-12-33(27)17-19-5-6-19)26(37-31)18-34(25)29(35)22-4-2-3-20(13-22)16-32/h2-4,7-8,13,15,19,25-28H,5-6,9-12,14,17-18H2,1H3/t25-,26-,27-,28+,30+,31-/m1/s1. The second kappa shape index (κ2) is 7.58. The largest absolute Gasteiger partial charge is 0.497 e. The number of carbonyl (C=O) groups is 1. The number of likely N-dealkylation sites (tertiary alicyclic amines) is 2. The van der Waals surface area contributed by atoms with Crippen LogP contribution >= 0.6 is 0 Å². The summed E-state index contributed by atoms with van der Waals surface area (Å²) in [6.45, 7) is 2.95. The Morgan fingerprint density at radius 2 is 2.08 bits per heavy atom. The Hall–Kier alpha value is -2.88. The molecule has 6 nitrogen and oxygen atoms in total. The Morgan fingerprint density at radius 3 is 2.89 bits per heavy atom. The Bertz CT molecular complexity index is 1350. The lowest BCUT2D eigenvalue weighted by Crippen LogP contribution is -2.74. The Morgan fingerprint density at radius 1 is 1.19 bits per heavy atom. The third-order valence-corrected chi connectivity index (χ3v) is 10.8. The quantitative estimate of drug-likeness (QED) is 0.643. The molecule has 0 N–H and O–H groups in total. The van der Waals surface area contributed by atoms with E-state index >= 15 is 0 Å². The number of nitrogens with zero attached hydrogens (tertiary/aromatic N) is 3. The Labute approximate surface area is 218 Å². The molecule has 6 heteroatoms. The number of piperidine rings is 1. The van der Waals surface area contributed by atoms with Gasteiger partial charge in [0, 0.05) is 42.1 Å². The van der Waals surface area contributed by atoms with Gasteiger partial charge < -0.3 is 14.4 Å². The van der Waals surface area contributed by atoms with Gasteiger partial charge in [-0.3, -0.25) is 9.69 Å². The number of methoxy groups -OCH3 is 1. The van der Waals surface area contributed by atoms with E-state index in [1.165, 1.54) is 30.5 Å². The van der Waals surface area contributed by atoms with Gasteiger partial charge in [0.05, 0.1) is 30.4 Å². The molecule has 6 aliphatic rings. The lowest BCUT2D eigenvalue weighted by molar-refractivity contribution is -0.171. The Balaban J connectivity index is 1.23. The van der Waals surface area contributed by atoms with Crippen molar-refractivity contribution in [1.82, 2.24) is 9.80 Å². The number of carbonyl (C=O) groups excluding carboxylic acids is 1. The van der Waals surface area contributed by atoms with Crippen LogP contribution in [0, 0.1) is 23.2 Å². The van der Waals surface area contributed by atoms with Crippen molar-refractivity contribution in [2.24, 2.45) is 11.8 Å². The molecule has 2 aromatic rings. The molecule has 5 fully saturated rings. The summed E-state index contributed by atoms with van der Waals surface area (Å²) in [5.41, 5.74) is 3.74. The van der Waals surface area contributed by atoms with Crippen LogP contribution in [0.3, 0.4) is 0 Å². The maximum atomic E-state index is 13.8. The zero-order valence-electron chi connectivity index (χ0n) is 21.4. The summed E-state index contributed by atoms with van der Waals surface area (Å²) in [5.74, 6) is 2.10. The number of ether oxygens (including phenoxy) is 2. The van der Waals surface area contributed by atoms with E-state index in [4.69, 9.17) is 9.47 Å². The van der Waals surface area contributed by atoms with Crippen molar-refractivity contribution in [1.29, 1.82) is 5.26 Å². The number of hydrogen-bond donors (Lipinski definition) is 0. The van der Waals surface area contributed by atoms with Gasteiger partial charge in [0.2, 0.25) is 0 Å². The van der Waals surface area contributed by atoms with Crippen LogP contribution in [0.4, 0.5) is 0 Å². The minimum absolute atomic E-state index is 0.0356. The zero-order chi connectivity index (χ0) is 24.9. The predicted octanol–water partition coefficient (Wildman–Crippen LogP) is 3.92. The fourth-order valence-electron chi connectivity index (χ4n) is 9.26. The first-order chi connectivity index (χ1) is 18.1. The Kier molecular flexibility index (Phi) is 4.54. The van der Waals surface area contributed by atoms with Gasteiger partial charge in [-0.2, -0.15) is 5.26 Å². The van der Waals surface area contributed by atoms with Crippen LogP contribution < -0.4 is 4.74 Å². The van der Waals surface area contributed by atoms with E-state index in [2.05, 4.69) is 34.1 Å². The summed E-state index contributed by atoms with van der Waals surface area (Å²) in [6, 6.07) is 16.6. The fourth-order valence-corrected chi connectivity index (χ4v) is 9.26. The molecule has 4 bridgehead atoms. The highest BCUT2D eigenvalue weighted by Crippen LogP contribution is 2.69. The van der Waals surface area contributed by atoms with Gasteiger partial charge in [-0.15, -0.1) is 0 Å². The molecule has 0 aromatic heterocycles. The maximum absolute atomic E-state index is 13.8. The second-order valence-electron chi connectivity index (χ2n) is 12.2. The van der Waals surface area contributed by atoms with E-state index < -0.39 is 0 Å². The lowest BCUT2D eigenvalue weighted by Gasteiger charge is -2.64. The van der Waals surface area contributed by atoms with Gasteiger partial charge in [0.1, 0.15) is 5.75 Å². The summed E-state index contributed by atoms with van der Waals surface area (Å²) in [4.78, 5) is 18.7. The van der Waals surface area contributed by atoms with Gasteiger partial charge in [-0.05, 0) is 92.4 Å². The van der Waals surface area contributed by atoms with Crippen LogP contribution in [-0.2, 0) is 16.6 Å². The van der Waals surface area contributed by atoms with E-state index in [1.54, 1.807) is 19.2 Å². The average molecular weight is 496 g/mol. The van der Waals surface area contributed by atoms with E-state index in [1.807, 2.05) is 12.1 Å². The zero-order valence-corrected chi connectivity index (χ0v) is 21.4. The molecule has 6 atom stereocenters. The molecule has 3 aliphatic heterocycles. The average Bonchev–Trinajstić information content (AvgIpc) is 3.63. The van der Waals surface area contributed by atoms with Crippen molar-refractivity contribution < 1.29 is 14.3 Å². The predicted molar refractivity (Wildman–Crippen MR) is 137 cm³/mol. The fraction of sp³-hybridized carbons (Fsp3) is 0.548. The first-order valence-corrected chi connectivity index (χ1v) is 14.0. The molecule has 2 saturated carbocycles. The lowest BCUT2D eigenvalue weighted by atomic mass is 9.46. The number of nitriles is 1. The summed E-state index contributed by atoms with van der Waals surface area (Å²) in [7, 11) is 1.75.